The van der Waals surface area contributed by atoms with Crippen LogP contribution >= 0.6 is 0 Å². The Labute approximate surface area is 161 Å². The maximum atomic E-state index is 14.4. The molecule has 4 heterocycles. The van der Waals surface area contributed by atoms with E-state index < -0.39 is 0 Å². The number of rotatable bonds is 4. The Bertz CT molecular complexity index is 1190. The summed E-state index contributed by atoms with van der Waals surface area (Å²) in [7, 11) is 0. The fourth-order valence-electron chi connectivity index (χ4n) is 3.66. The van der Waals surface area contributed by atoms with Crippen molar-refractivity contribution in [1.82, 2.24) is 19.4 Å². The minimum atomic E-state index is -0.234. The molecule has 1 aliphatic heterocycles. The normalized spacial score (nSPS) is 12.8. The third-order valence-corrected chi connectivity index (χ3v) is 5.03. The van der Waals surface area contributed by atoms with Crippen LogP contribution in [0.2, 0.25) is 0 Å². The molecule has 0 bridgehead atoms. The molecule has 0 atom stereocenters. The fourth-order valence-corrected chi connectivity index (χ4v) is 3.66. The van der Waals surface area contributed by atoms with Crippen LogP contribution in [0.1, 0.15) is 16.8 Å². The van der Waals surface area contributed by atoms with E-state index in [1.165, 1.54) is 6.07 Å². The first-order chi connectivity index (χ1) is 13.7. The first-order valence-corrected chi connectivity index (χ1v) is 9.12. The molecule has 0 saturated carbocycles. The van der Waals surface area contributed by atoms with Crippen LogP contribution in [-0.2, 0) is 13.0 Å². The molecule has 0 amide bonds. The number of nitrogens with zero attached hydrogens (tertiary/aromatic N) is 4. The SMILES string of the molecule is Cc1cc(-c2cnc(NCc3c(F)ccc4c3CCO4)n3cncc23)ccn1. The third kappa shape index (κ3) is 2.76. The van der Waals surface area contributed by atoms with Gasteiger partial charge in [0.25, 0.3) is 0 Å². The van der Waals surface area contributed by atoms with Crippen LogP contribution in [0.25, 0.3) is 16.6 Å². The molecule has 6 nitrogen and oxygen atoms in total. The van der Waals surface area contributed by atoms with E-state index in [1.807, 2.05) is 29.7 Å². The lowest BCUT2D eigenvalue weighted by molar-refractivity contribution is 0.356. The molecule has 0 saturated heterocycles. The van der Waals surface area contributed by atoms with Gasteiger partial charge in [-0.2, -0.15) is 0 Å². The molecule has 3 aromatic heterocycles. The molecule has 140 valence electrons. The molecular formula is C21H18FN5O. The predicted octanol–water partition coefficient (Wildman–Crippen LogP) is 3.79. The van der Waals surface area contributed by atoms with Crippen LogP contribution < -0.4 is 10.1 Å². The first-order valence-electron chi connectivity index (χ1n) is 9.12. The monoisotopic (exact) mass is 375 g/mol. The number of benzene rings is 1. The number of nitrogens with one attached hydrogen (secondary N) is 1. The van der Waals surface area contributed by atoms with E-state index in [4.69, 9.17) is 4.74 Å². The summed E-state index contributed by atoms with van der Waals surface area (Å²) in [6, 6.07) is 7.11. The Morgan fingerprint density at radius 1 is 1.21 bits per heavy atom. The highest BCUT2D eigenvalue weighted by atomic mass is 19.1. The summed E-state index contributed by atoms with van der Waals surface area (Å²) in [4.78, 5) is 13.1. The second kappa shape index (κ2) is 6.60. The fraction of sp³-hybridized carbons (Fsp3) is 0.190. The second-order valence-corrected chi connectivity index (χ2v) is 6.78. The van der Waals surface area contributed by atoms with Crippen molar-refractivity contribution in [3.63, 3.8) is 0 Å². The van der Waals surface area contributed by atoms with Gasteiger partial charge < -0.3 is 10.1 Å². The summed E-state index contributed by atoms with van der Waals surface area (Å²) in [5.74, 6) is 1.14. The Kier molecular flexibility index (Phi) is 3.93. The van der Waals surface area contributed by atoms with Gasteiger partial charge in [-0.15, -0.1) is 0 Å². The number of imidazole rings is 1. The molecule has 1 aliphatic rings. The van der Waals surface area contributed by atoms with Gasteiger partial charge in [-0.3, -0.25) is 9.38 Å². The second-order valence-electron chi connectivity index (χ2n) is 6.78. The average molecular weight is 375 g/mol. The van der Waals surface area contributed by atoms with Crippen molar-refractivity contribution in [2.24, 2.45) is 0 Å². The van der Waals surface area contributed by atoms with Crippen LogP contribution in [0.15, 0.2) is 49.2 Å². The molecule has 0 fully saturated rings. The number of anilines is 1. The van der Waals surface area contributed by atoms with Crippen LogP contribution in [0.3, 0.4) is 0 Å². The minimum absolute atomic E-state index is 0.234. The number of pyridine rings is 1. The summed E-state index contributed by atoms with van der Waals surface area (Å²) in [5.41, 5.74) is 5.41. The zero-order valence-electron chi connectivity index (χ0n) is 15.3. The Balaban J connectivity index is 1.50. The number of aromatic nitrogens is 4. The molecule has 0 radical (unpaired) electrons. The van der Waals surface area contributed by atoms with E-state index in [2.05, 4.69) is 20.3 Å². The first kappa shape index (κ1) is 16.7. The van der Waals surface area contributed by atoms with Gasteiger partial charge in [0.1, 0.15) is 17.9 Å². The number of hydrogen-bond acceptors (Lipinski definition) is 5. The molecule has 1 aromatic carbocycles. The largest absolute Gasteiger partial charge is 0.493 e. The van der Waals surface area contributed by atoms with Crippen LogP contribution in [0.4, 0.5) is 10.3 Å². The van der Waals surface area contributed by atoms with E-state index in [0.29, 0.717) is 24.7 Å². The van der Waals surface area contributed by atoms with Crippen molar-refractivity contribution in [3.8, 4) is 16.9 Å². The highest BCUT2D eigenvalue weighted by molar-refractivity contribution is 5.80. The Morgan fingerprint density at radius 3 is 3.04 bits per heavy atom. The smallest absolute Gasteiger partial charge is 0.208 e. The van der Waals surface area contributed by atoms with Crippen molar-refractivity contribution in [3.05, 3.63) is 71.8 Å². The molecule has 1 N–H and O–H groups in total. The van der Waals surface area contributed by atoms with Gasteiger partial charge in [0.15, 0.2) is 0 Å². The quantitative estimate of drug-likeness (QED) is 0.588. The Hall–Kier alpha value is -3.48. The average Bonchev–Trinajstić information content (AvgIpc) is 3.36. The van der Waals surface area contributed by atoms with Crippen LogP contribution in [0.5, 0.6) is 5.75 Å². The Morgan fingerprint density at radius 2 is 2.14 bits per heavy atom. The standard InChI is InChI=1S/C21H18FN5O/c1-13-8-14(4-6-24-13)16-9-25-21(27-12-23-11-19(16)27)26-10-17-15-5-7-28-20(15)3-2-18(17)22/h2-4,6,8-9,11-12H,5,7,10H2,1H3,(H,25,26). The molecule has 0 spiro atoms. The van der Waals surface area contributed by atoms with Gasteiger partial charge in [-0.25, -0.2) is 14.4 Å². The summed E-state index contributed by atoms with van der Waals surface area (Å²) in [6.45, 7) is 2.87. The van der Waals surface area contributed by atoms with Crippen molar-refractivity contribution in [1.29, 1.82) is 0 Å². The van der Waals surface area contributed by atoms with Gasteiger partial charge in [0, 0.05) is 47.7 Å². The zero-order valence-corrected chi connectivity index (χ0v) is 15.3. The maximum Gasteiger partial charge on any atom is 0.208 e. The van der Waals surface area contributed by atoms with Gasteiger partial charge in [-0.1, -0.05) is 0 Å². The van der Waals surface area contributed by atoms with Crippen molar-refractivity contribution in [2.45, 2.75) is 19.9 Å². The number of aryl methyl sites for hydroxylation is 1. The van der Waals surface area contributed by atoms with Crippen molar-refractivity contribution in [2.75, 3.05) is 11.9 Å². The highest BCUT2D eigenvalue weighted by Crippen LogP contribution is 2.31. The number of hydrogen-bond donors (Lipinski definition) is 1. The zero-order chi connectivity index (χ0) is 19.1. The number of fused-ring (bicyclic) bond motifs is 2. The lowest BCUT2D eigenvalue weighted by Gasteiger charge is -2.13. The number of halogens is 1. The van der Waals surface area contributed by atoms with E-state index >= 15 is 0 Å². The van der Waals surface area contributed by atoms with Crippen molar-refractivity contribution < 1.29 is 9.13 Å². The topological polar surface area (TPSA) is 64.3 Å². The number of ether oxygens (including phenoxy) is 1. The molecule has 28 heavy (non-hydrogen) atoms. The molecule has 5 rings (SSSR count). The molecule has 4 aromatic rings. The van der Waals surface area contributed by atoms with Gasteiger partial charge in [0.2, 0.25) is 5.95 Å². The highest BCUT2D eigenvalue weighted by Gasteiger charge is 2.20. The summed E-state index contributed by atoms with van der Waals surface area (Å²) >= 11 is 0. The van der Waals surface area contributed by atoms with Gasteiger partial charge in [0.05, 0.1) is 18.3 Å². The third-order valence-electron chi connectivity index (χ3n) is 5.03. The van der Waals surface area contributed by atoms with Crippen LogP contribution in [-0.4, -0.2) is 26.0 Å². The minimum Gasteiger partial charge on any atom is -0.493 e. The van der Waals surface area contributed by atoms with Gasteiger partial charge >= 0.3 is 0 Å². The molecule has 7 heteroatoms. The van der Waals surface area contributed by atoms with Gasteiger partial charge in [-0.05, 0) is 36.8 Å². The predicted molar refractivity (Wildman–Crippen MR) is 104 cm³/mol. The van der Waals surface area contributed by atoms with Crippen LogP contribution in [0, 0.1) is 12.7 Å². The van der Waals surface area contributed by atoms with Crippen molar-refractivity contribution >= 4 is 11.5 Å². The van der Waals surface area contributed by atoms with E-state index in [9.17, 15) is 4.39 Å². The molecule has 0 aliphatic carbocycles. The van der Waals surface area contributed by atoms with E-state index in [-0.39, 0.29) is 5.82 Å². The lowest BCUT2D eigenvalue weighted by atomic mass is 10.0. The maximum absolute atomic E-state index is 14.4. The summed E-state index contributed by atoms with van der Waals surface area (Å²) in [6.07, 6.45) is 7.82. The van der Waals surface area contributed by atoms with E-state index in [1.54, 1.807) is 24.8 Å². The molecular weight excluding hydrogens is 357 g/mol. The summed E-state index contributed by atoms with van der Waals surface area (Å²) < 4.78 is 21.8. The summed E-state index contributed by atoms with van der Waals surface area (Å²) in [5, 5.41) is 3.25. The van der Waals surface area contributed by atoms with E-state index in [0.717, 1.165) is 40.1 Å². The lowest BCUT2D eigenvalue weighted by Crippen LogP contribution is -2.09. The molecule has 0 unspecified atom stereocenters.